The fraction of sp³-hybridized carbons (Fsp3) is 0.481. The van der Waals surface area contributed by atoms with Crippen LogP contribution >= 0.6 is 7.75 Å². The minimum atomic E-state index is -4.32. The number of ether oxygens (including phenoxy) is 2. The van der Waals surface area contributed by atoms with Gasteiger partial charge in [0, 0.05) is 0 Å². The Labute approximate surface area is 242 Å². The molecule has 1 saturated heterocycles. The number of benzene rings is 1. The normalized spacial score (nSPS) is 24.3. The van der Waals surface area contributed by atoms with E-state index in [9.17, 15) is 24.8 Å². The van der Waals surface area contributed by atoms with E-state index in [0.717, 1.165) is 12.8 Å². The molecule has 0 spiro atoms. The zero-order valence-corrected chi connectivity index (χ0v) is 24.4. The molecule has 0 saturated carbocycles. The van der Waals surface area contributed by atoms with Crippen molar-refractivity contribution in [2.75, 3.05) is 18.9 Å². The summed E-state index contributed by atoms with van der Waals surface area (Å²) in [4.78, 5) is 16.6. The van der Waals surface area contributed by atoms with Gasteiger partial charge in [-0.05, 0) is 37.1 Å². The topological polar surface area (TPSA) is 204 Å². The maximum atomic E-state index is 13.9. The smallest absolute Gasteiger partial charge is 0.459 e. The van der Waals surface area contributed by atoms with Crippen LogP contribution in [0, 0.1) is 17.2 Å². The fourth-order valence-corrected chi connectivity index (χ4v) is 6.07. The number of hydrogen-bond donors (Lipinski definition) is 4. The summed E-state index contributed by atoms with van der Waals surface area (Å²) in [6.45, 7) is 5.08. The van der Waals surface area contributed by atoms with Gasteiger partial charge in [-0.2, -0.15) is 15.4 Å². The number of hydrogen-bond acceptors (Lipinski definition) is 12. The zero-order chi connectivity index (χ0) is 30.5. The molecular formula is C27H35N6O8P. The van der Waals surface area contributed by atoms with Crippen molar-refractivity contribution < 1.29 is 38.1 Å². The number of aromatic nitrogens is 3. The number of nitrogens with zero attached hydrogens (tertiary/aromatic N) is 4. The molecule has 42 heavy (non-hydrogen) atoms. The van der Waals surface area contributed by atoms with Gasteiger partial charge in [-0.15, -0.1) is 0 Å². The second-order valence-electron chi connectivity index (χ2n) is 9.96. The molecule has 2 aromatic heterocycles. The summed E-state index contributed by atoms with van der Waals surface area (Å²) in [5, 5.41) is 38.7. The predicted octanol–water partition coefficient (Wildman–Crippen LogP) is 2.31. The van der Waals surface area contributed by atoms with Gasteiger partial charge in [0.1, 0.15) is 48.0 Å². The second-order valence-corrected chi connectivity index (χ2v) is 11.7. The van der Waals surface area contributed by atoms with Crippen molar-refractivity contribution in [3.05, 3.63) is 54.5 Å². The number of rotatable bonds is 13. The van der Waals surface area contributed by atoms with Crippen LogP contribution in [-0.2, 0) is 29.0 Å². The molecule has 1 unspecified atom stereocenters. The summed E-state index contributed by atoms with van der Waals surface area (Å²) in [5.41, 5.74) is 4.28. The fourth-order valence-electron chi connectivity index (χ4n) is 4.57. The first-order chi connectivity index (χ1) is 20.1. The van der Waals surface area contributed by atoms with Crippen molar-refractivity contribution in [2.45, 2.75) is 63.6 Å². The van der Waals surface area contributed by atoms with E-state index in [4.69, 9.17) is 24.3 Å². The van der Waals surface area contributed by atoms with Crippen molar-refractivity contribution in [3.63, 3.8) is 0 Å². The minimum Gasteiger partial charge on any atom is -0.464 e. The van der Waals surface area contributed by atoms with E-state index in [-0.39, 0.29) is 29.8 Å². The summed E-state index contributed by atoms with van der Waals surface area (Å²) >= 11 is 0. The number of fused-ring (bicyclic) bond motifs is 1. The number of aliphatic hydroxyl groups is 2. The first-order valence-corrected chi connectivity index (χ1v) is 15.1. The average molecular weight is 603 g/mol. The standard InChI is InChI=1S/C27H35N6O8P/c1-4-18(5-2)13-38-26(36)17(3)32-42(37,41-19-9-7-6-8-10-19)39-14-21-23(34)24(35)27(15-28,40-21)22-12-11-20-25(29)30-16-31-33(20)22/h6-12,16-18,21,23-24,34-35H,4-5,13-14H2,1-3H3,(H,32,37)(H2,29,30,31)/t17-,21+,23-,24?,27-,42-/m0/s1. The molecule has 1 aliphatic rings. The molecule has 15 heteroatoms. The molecule has 1 fully saturated rings. The largest absolute Gasteiger partial charge is 0.464 e. The molecule has 0 amide bonds. The van der Waals surface area contributed by atoms with Crippen LogP contribution in [-0.4, -0.2) is 68.3 Å². The number of aliphatic hydroxyl groups excluding tert-OH is 2. The molecule has 14 nitrogen and oxygen atoms in total. The molecule has 0 bridgehead atoms. The molecule has 0 radical (unpaired) electrons. The van der Waals surface area contributed by atoms with Crippen LogP contribution in [0.3, 0.4) is 0 Å². The summed E-state index contributed by atoms with van der Waals surface area (Å²) in [5.74, 6) is -0.143. The van der Waals surface area contributed by atoms with E-state index < -0.39 is 50.3 Å². The average Bonchev–Trinajstić information content (AvgIpc) is 3.53. The first-order valence-electron chi connectivity index (χ1n) is 13.5. The van der Waals surface area contributed by atoms with Crippen LogP contribution in [0.4, 0.5) is 5.82 Å². The lowest BCUT2D eigenvalue weighted by Crippen LogP contribution is -2.41. The lowest BCUT2D eigenvalue weighted by molar-refractivity contribution is -0.146. The summed E-state index contributed by atoms with van der Waals surface area (Å²) in [6, 6.07) is 12.0. The summed E-state index contributed by atoms with van der Waals surface area (Å²) in [7, 11) is -4.32. The molecule has 1 aliphatic heterocycles. The van der Waals surface area contributed by atoms with E-state index >= 15 is 0 Å². The molecule has 6 atom stereocenters. The number of esters is 1. The third kappa shape index (κ3) is 6.42. The summed E-state index contributed by atoms with van der Waals surface area (Å²) in [6.07, 6.45) is -1.87. The van der Waals surface area contributed by atoms with Crippen LogP contribution < -0.4 is 15.3 Å². The van der Waals surface area contributed by atoms with Crippen molar-refractivity contribution in [2.24, 2.45) is 5.92 Å². The van der Waals surface area contributed by atoms with Gasteiger partial charge in [-0.25, -0.2) is 14.1 Å². The van der Waals surface area contributed by atoms with E-state index in [0.29, 0.717) is 5.52 Å². The van der Waals surface area contributed by atoms with Gasteiger partial charge in [0.25, 0.3) is 0 Å². The molecule has 3 aromatic rings. The van der Waals surface area contributed by atoms with Gasteiger partial charge < -0.3 is 29.9 Å². The van der Waals surface area contributed by atoms with E-state index in [1.165, 1.54) is 23.8 Å². The Bertz CT molecular complexity index is 1460. The predicted molar refractivity (Wildman–Crippen MR) is 150 cm³/mol. The number of carbonyl (C=O) groups excluding carboxylic acids is 1. The van der Waals surface area contributed by atoms with Gasteiger partial charge in [0.05, 0.1) is 18.9 Å². The van der Waals surface area contributed by atoms with Crippen LogP contribution in [0.5, 0.6) is 5.75 Å². The van der Waals surface area contributed by atoms with Gasteiger partial charge in [-0.1, -0.05) is 44.9 Å². The van der Waals surface area contributed by atoms with Crippen molar-refractivity contribution in [1.29, 1.82) is 5.26 Å². The lowest BCUT2D eigenvalue weighted by atomic mass is 9.92. The zero-order valence-electron chi connectivity index (χ0n) is 23.5. The molecule has 226 valence electrons. The highest BCUT2D eigenvalue weighted by Gasteiger charge is 2.58. The van der Waals surface area contributed by atoms with E-state index in [1.807, 2.05) is 19.9 Å². The molecule has 3 heterocycles. The number of carbonyl (C=O) groups is 1. The van der Waals surface area contributed by atoms with Gasteiger partial charge in [0.2, 0.25) is 5.60 Å². The molecule has 4 rings (SSSR count). The Hall–Kier alpha value is -3.57. The summed E-state index contributed by atoms with van der Waals surface area (Å²) < 4.78 is 37.8. The minimum absolute atomic E-state index is 0.0961. The van der Waals surface area contributed by atoms with Crippen molar-refractivity contribution >= 4 is 25.1 Å². The Morgan fingerprint density at radius 2 is 1.98 bits per heavy atom. The van der Waals surface area contributed by atoms with Crippen molar-refractivity contribution in [1.82, 2.24) is 19.7 Å². The SMILES string of the molecule is CCC(CC)COC(=O)[C@H](C)N[P@](=O)(OC[C@H]1O[C@@](C#N)(c2ccc3c(N)ncnn23)C(O)[C@H]1O)Oc1ccccc1. The highest BCUT2D eigenvalue weighted by Crippen LogP contribution is 2.47. The van der Waals surface area contributed by atoms with Crippen molar-refractivity contribution in [3.8, 4) is 11.8 Å². The molecule has 1 aromatic carbocycles. The van der Waals surface area contributed by atoms with E-state index in [2.05, 4.69) is 15.2 Å². The molecule has 0 aliphatic carbocycles. The number of nitrogens with one attached hydrogen (secondary N) is 1. The van der Waals surface area contributed by atoms with Crippen LogP contribution in [0.1, 0.15) is 39.3 Å². The third-order valence-corrected chi connectivity index (χ3v) is 8.83. The van der Waals surface area contributed by atoms with Crippen LogP contribution in [0.15, 0.2) is 48.8 Å². The first kappa shape index (κ1) is 31.4. The Morgan fingerprint density at radius 1 is 1.26 bits per heavy atom. The van der Waals surface area contributed by atoms with Gasteiger partial charge in [0.15, 0.2) is 5.82 Å². The number of para-hydroxylation sites is 1. The Balaban J connectivity index is 1.53. The van der Waals surface area contributed by atoms with Crippen LogP contribution in [0.25, 0.3) is 5.52 Å². The quantitative estimate of drug-likeness (QED) is 0.164. The number of nitriles is 1. The maximum Gasteiger partial charge on any atom is 0.459 e. The second kappa shape index (κ2) is 13.2. The van der Waals surface area contributed by atoms with Gasteiger partial charge in [-0.3, -0.25) is 9.32 Å². The maximum absolute atomic E-state index is 13.9. The number of anilines is 1. The third-order valence-electron chi connectivity index (χ3n) is 7.19. The Morgan fingerprint density at radius 3 is 2.64 bits per heavy atom. The lowest BCUT2D eigenvalue weighted by Gasteiger charge is -2.25. The highest BCUT2D eigenvalue weighted by atomic mass is 31.2. The number of nitrogens with two attached hydrogens (primary N) is 1. The van der Waals surface area contributed by atoms with E-state index in [1.54, 1.807) is 36.4 Å². The number of nitrogen functional groups attached to an aromatic ring is 1. The molecule has 5 N–H and O–H groups in total. The monoisotopic (exact) mass is 602 g/mol. The molecular weight excluding hydrogens is 567 g/mol. The highest BCUT2D eigenvalue weighted by molar-refractivity contribution is 7.52. The van der Waals surface area contributed by atoms with Gasteiger partial charge >= 0.3 is 13.7 Å². The van der Waals surface area contributed by atoms with Crippen LogP contribution in [0.2, 0.25) is 0 Å². The Kier molecular flexibility index (Phi) is 9.83.